The summed E-state index contributed by atoms with van der Waals surface area (Å²) in [6.07, 6.45) is 45.9. The van der Waals surface area contributed by atoms with Crippen molar-refractivity contribution in [1.82, 2.24) is 4.90 Å². The van der Waals surface area contributed by atoms with E-state index in [1.165, 1.54) is 212 Å². The Hall–Kier alpha value is -0.0400. The van der Waals surface area contributed by atoms with Crippen LogP contribution in [0.3, 0.4) is 0 Å². The van der Waals surface area contributed by atoms with E-state index in [-0.39, 0.29) is 0 Å². The molecule has 0 saturated carbocycles. The molecule has 0 aromatic rings. The van der Waals surface area contributed by atoms with E-state index < -0.39 is 0 Å². The van der Waals surface area contributed by atoms with Gasteiger partial charge in [0.1, 0.15) is 0 Å². The van der Waals surface area contributed by atoms with Crippen molar-refractivity contribution in [1.29, 1.82) is 0 Å². The first kappa shape index (κ1) is 43.0. The third-order valence-electron chi connectivity index (χ3n) is 10.5. The molecule has 0 aliphatic rings. The second-order valence-electron chi connectivity index (χ2n) is 15.8. The molecule has 1 nitrogen and oxygen atoms in total. The van der Waals surface area contributed by atoms with Crippen LogP contribution in [-0.4, -0.2) is 22.5 Å². The predicted octanol–water partition coefficient (Wildman–Crippen LogP) is 15.4. The second kappa shape index (κ2) is 30.6. The SMILES string of the molecule is CCCCCCCCCCCCCCC(C)(C)N(CCCCCCCC)C(C)(C)CCCCCCCCCCCCCC. The molecule has 0 aromatic heterocycles. The Kier molecular flexibility index (Phi) is 30.6. The largest absolute Gasteiger partial charge is 0.293 e. The van der Waals surface area contributed by atoms with Crippen LogP contribution in [0.1, 0.15) is 254 Å². The van der Waals surface area contributed by atoms with Crippen molar-refractivity contribution in [3.05, 3.63) is 0 Å². The molecule has 0 N–H and O–H groups in total. The van der Waals surface area contributed by atoms with Gasteiger partial charge >= 0.3 is 0 Å². The third kappa shape index (κ3) is 26.8. The number of unbranched alkanes of at least 4 members (excludes halogenated alkanes) is 27. The zero-order chi connectivity index (χ0) is 31.9. The van der Waals surface area contributed by atoms with Crippen molar-refractivity contribution in [3.63, 3.8) is 0 Å². The highest BCUT2D eigenvalue weighted by Crippen LogP contribution is 2.34. The molecule has 0 unspecified atom stereocenters. The van der Waals surface area contributed by atoms with E-state index in [1.807, 2.05) is 0 Å². The third-order valence-corrected chi connectivity index (χ3v) is 10.5. The van der Waals surface area contributed by atoms with Crippen LogP contribution >= 0.6 is 0 Å². The van der Waals surface area contributed by atoms with Gasteiger partial charge in [-0.2, -0.15) is 0 Å². The van der Waals surface area contributed by atoms with Gasteiger partial charge in [0.05, 0.1) is 0 Å². The van der Waals surface area contributed by atoms with Gasteiger partial charge < -0.3 is 0 Å². The van der Waals surface area contributed by atoms with Crippen LogP contribution in [-0.2, 0) is 0 Å². The van der Waals surface area contributed by atoms with Crippen molar-refractivity contribution >= 4 is 0 Å². The fourth-order valence-electron chi connectivity index (χ4n) is 7.54. The van der Waals surface area contributed by atoms with E-state index in [4.69, 9.17) is 0 Å². The molecule has 0 atom stereocenters. The first-order valence-corrected chi connectivity index (χ1v) is 20.6. The molecule has 0 aliphatic carbocycles. The van der Waals surface area contributed by atoms with E-state index in [9.17, 15) is 0 Å². The van der Waals surface area contributed by atoms with Gasteiger partial charge in [0.2, 0.25) is 0 Å². The highest BCUT2D eigenvalue weighted by atomic mass is 15.2. The molecule has 0 fully saturated rings. The van der Waals surface area contributed by atoms with E-state index in [1.54, 1.807) is 0 Å². The molecule has 260 valence electrons. The fraction of sp³-hybridized carbons (Fsp3) is 1.00. The van der Waals surface area contributed by atoms with Crippen molar-refractivity contribution in [2.45, 2.75) is 265 Å². The van der Waals surface area contributed by atoms with Crippen molar-refractivity contribution < 1.29 is 0 Å². The lowest BCUT2D eigenvalue weighted by Gasteiger charge is -2.49. The highest BCUT2D eigenvalue weighted by molar-refractivity contribution is 4.92. The first-order valence-electron chi connectivity index (χ1n) is 20.6. The Bertz CT molecular complexity index is 495. The average Bonchev–Trinajstić information content (AvgIpc) is 2.97. The van der Waals surface area contributed by atoms with Gasteiger partial charge in [0.25, 0.3) is 0 Å². The van der Waals surface area contributed by atoms with E-state index in [2.05, 4.69) is 53.4 Å². The molecule has 0 saturated heterocycles. The Labute approximate surface area is 275 Å². The number of rotatable bonds is 35. The quantitative estimate of drug-likeness (QED) is 0.0649. The molecule has 0 aromatic carbocycles. The molecule has 0 bridgehead atoms. The Balaban J connectivity index is 4.42. The Morgan fingerprint density at radius 3 is 0.744 bits per heavy atom. The summed E-state index contributed by atoms with van der Waals surface area (Å²) in [5.41, 5.74) is 0.616. The van der Waals surface area contributed by atoms with Gasteiger partial charge in [-0.3, -0.25) is 4.90 Å². The van der Waals surface area contributed by atoms with Crippen LogP contribution < -0.4 is 0 Å². The maximum Gasteiger partial charge on any atom is 0.0158 e. The second-order valence-corrected chi connectivity index (χ2v) is 15.8. The van der Waals surface area contributed by atoms with Crippen LogP contribution in [0, 0.1) is 0 Å². The lowest BCUT2D eigenvalue weighted by atomic mass is 9.85. The van der Waals surface area contributed by atoms with E-state index >= 15 is 0 Å². The summed E-state index contributed by atoms with van der Waals surface area (Å²) in [7, 11) is 0. The van der Waals surface area contributed by atoms with Crippen molar-refractivity contribution in [2.75, 3.05) is 6.54 Å². The summed E-state index contributed by atoms with van der Waals surface area (Å²) in [5, 5.41) is 0. The zero-order valence-electron chi connectivity index (χ0n) is 31.8. The van der Waals surface area contributed by atoms with Crippen molar-refractivity contribution in [3.8, 4) is 0 Å². The lowest BCUT2D eigenvalue weighted by molar-refractivity contribution is 0.00151. The van der Waals surface area contributed by atoms with Gasteiger partial charge in [-0.05, 0) is 53.5 Å². The minimum absolute atomic E-state index is 0.308. The summed E-state index contributed by atoms with van der Waals surface area (Å²) in [4.78, 5) is 2.97. The summed E-state index contributed by atoms with van der Waals surface area (Å²) >= 11 is 0. The molecule has 0 rings (SSSR count). The standard InChI is InChI=1S/C42H87N/c1-8-11-14-17-20-22-24-26-28-30-32-35-38-41(4,5)43(40-37-34-19-16-13-10-3)42(6,7)39-36-33-31-29-27-25-23-21-18-15-12-9-2/h8-40H2,1-7H3. The fourth-order valence-corrected chi connectivity index (χ4v) is 7.54. The van der Waals surface area contributed by atoms with Crippen LogP contribution in [0.15, 0.2) is 0 Å². The topological polar surface area (TPSA) is 3.24 Å². The van der Waals surface area contributed by atoms with E-state index in [0.717, 1.165) is 0 Å². The number of hydrogen-bond donors (Lipinski definition) is 0. The molecule has 0 spiro atoms. The Morgan fingerprint density at radius 2 is 0.488 bits per heavy atom. The molecule has 0 heterocycles. The monoisotopic (exact) mass is 606 g/mol. The van der Waals surface area contributed by atoms with Gasteiger partial charge in [0.15, 0.2) is 0 Å². The van der Waals surface area contributed by atoms with Crippen molar-refractivity contribution in [2.24, 2.45) is 0 Å². The number of nitrogens with zero attached hydrogens (tertiary/aromatic N) is 1. The summed E-state index contributed by atoms with van der Waals surface area (Å²) in [5.74, 6) is 0. The first-order chi connectivity index (χ1) is 20.8. The molecule has 43 heavy (non-hydrogen) atoms. The maximum atomic E-state index is 2.97. The summed E-state index contributed by atoms with van der Waals surface area (Å²) < 4.78 is 0. The van der Waals surface area contributed by atoms with E-state index in [0.29, 0.717) is 11.1 Å². The van der Waals surface area contributed by atoms with Crippen LogP contribution in [0.5, 0.6) is 0 Å². The van der Waals surface area contributed by atoms with Crippen LogP contribution in [0.2, 0.25) is 0 Å². The molecule has 0 amide bonds. The van der Waals surface area contributed by atoms with Gasteiger partial charge in [-0.25, -0.2) is 0 Å². The minimum atomic E-state index is 0.308. The summed E-state index contributed by atoms with van der Waals surface area (Å²) in [6.45, 7) is 18.6. The van der Waals surface area contributed by atoms with Gasteiger partial charge in [-0.1, -0.05) is 207 Å². The van der Waals surface area contributed by atoms with Crippen LogP contribution in [0.4, 0.5) is 0 Å². The zero-order valence-corrected chi connectivity index (χ0v) is 31.8. The molecule has 1 heteroatoms. The predicted molar refractivity (Wildman–Crippen MR) is 200 cm³/mol. The molecular weight excluding hydrogens is 518 g/mol. The normalized spacial score (nSPS) is 12.6. The highest BCUT2D eigenvalue weighted by Gasteiger charge is 2.36. The lowest BCUT2D eigenvalue weighted by Crippen LogP contribution is -2.55. The number of hydrogen-bond acceptors (Lipinski definition) is 1. The Morgan fingerprint density at radius 1 is 0.279 bits per heavy atom. The van der Waals surface area contributed by atoms with Gasteiger partial charge in [0, 0.05) is 11.1 Å². The molecule has 0 radical (unpaired) electrons. The maximum absolute atomic E-state index is 2.97. The molecular formula is C42H87N. The smallest absolute Gasteiger partial charge is 0.0158 e. The summed E-state index contributed by atoms with van der Waals surface area (Å²) in [6, 6.07) is 0. The van der Waals surface area contributed by atoms with Crippen LogP contribution in [0.25, 0.3) is 0 Å². The average molecular weight is 606 g/mol. The van der Waals surface area contributed by atoms with Gasteiger partial charge in [-0.15, -0.1) is 0 Å². The minimum Gasteiger partial charge on any atom is -0.293 e. The molecule has 0 aliphatic heterocycles.